The number of ether oxygens (including phenoxy) is 1. The van der Waals surface area contributed by atoms with E-state index in [2.05, 4.69) is 20.9 Å². The third-order valence-corrected chi connectivity index (χ3v) is 3.87. The molecule has 0 saturated heterocycles. The number of hydrogen-bond acceptors (Lipinski definition) is 3. The van der Waals surface area contributed by atoms with E-state index in [-0.39, 0.29) is 11.5 Å². The lowest BCUT2D eigenvalue weighted by Gasteiger charge is -2.06. The third-order valence-electron chi connectivity index (χ3n) is 3.37. The number of carbonyl (C=O) groups is 2. The van der Waals surface area contributed by atoms with Gasteiger partial charge in [0.1, 0.15) is 5.69 Å². The Kier molecular flexibility index (Phi) is 5.15. The summed E-state index contributed by atoms with van der Waals surface area (Å²) >= 11 is 3.34. The van der Waals surface area contributed by atoms with Crippen LogP contribution in [0.15, 0.2) is 28.7 Å². The lowest BCUT2D eigenvalue weighted by atomic mass is 9.97. The van der Waals surface area contributed by atoms with Gasteiger partial charge < -0.3 is 14.8 Å². The zero-order valence-electron chi connectivity index (χ0n) is 12.3. The molecule has 22 heavy (non-hydrogen) atoms. The van der Waals surface area contributed by atoms with E-state index in [0.29, 0.717) is 35.4 Å². The first-order valence-electron chi connectivity index (χ1n) is 6.69. The quantitative estimate of drug-likeness (QED) is 0.770. The SMILES string of the molecule is COCCc1c(C(=O)O)[nH]c(C)c1C(=O)c1cccc(Br)c1. The zero-order chi connectivity index (χ0) is 16.3. The van der Waals surface area contributed by atoms with Crippen LogP contribution in [0, 0.1) is 6.92 Å². The molecule has 0 unspecified atom stereocenters. The van der Waals surface area contributed by atoms with Crippen LogP contribution in [0.3, 0.4) is 0 Å². The molecule has 0 fully saturated rings. The molecule has 0 atom stereocenters. The molecule has 0 saturated carbocycles. The van der Waals surface area contributed by atoms with E-state index in [9.17, 15) is 14.7 Å². The highest BCUT2D eigenvalue weighted by atomic mass is 79.9. The maximum absolute atomic E-state index is 12.8. The number of ketones is 1. The van der Waals surface area contributed by atoms with Crippen LogP contribution in [0.5, 0.6) is 0 Å². The van der Waals surface area contributed by atoms with E-state index in [0.717, 1.165) is 4.47 Å². The second-order valence-corrected chi connectivity index (χ2v) is 5.78. The van der Waals surface area contributed by atoms with Crippen LogP contribution < -0.4 is 0 Å². The summed E-state index contributed by atoms with van der Waals surface area (Å²) in [6.45, 7) is 2.05. The molecule has 1 aromatic heterocycles. The fraction of sp³-hybridized carbons (Fsp3) is 0.250. The van der Waals surface area contributed by atoms with Crippen molar-refractivity contribution in [2.45, 2.75) is 13.3 Å². The molecule has 1 heterocycles. The van der Waals surface area contributed by atoms with Gasteiger partial charge in [-0.15, -0.1) is 0 Å². The lowest BCUT2D eigenvalue weighted by molar-refractivity contribution is 0.0689. The maximum atomic E-state index is 12.8. The highest BCUT2D eigenvalue weighted by Crippen LogP contribution is 2.24. The number of aromatic nitrogens is 1. The topological polar surface area (TPSA) is 79.4 Å². The Morgan fingerprint density at radius 2 is 2.09 bits per heavy atom. The summed E-state index contributed by atoms with van der Waals surface area (Å²) in [6.07, 6.45) is 0.359. The van der Waals surface area contributed by atoms with Gasteiger partial charge in [-0.1, -0.05) is 28.1 Å². The Morgan fingerprint density at radius 1 is 1.36 bits per heavy atom. The lowest BCUT2D eigenvalue weighted by Crippen LogP contribution is -2.09. The molecule has 0 aliphatic rings. The average molecular weight is 366 g/mol. The summed E-state index contributed by atoms with van der Waals surface area (Å²) < 4.78 is 5.82. The van der Waals surface area contributed by atoms with Crippen molar-refractivity contribution in [2.24, 2.45) is 0 Å². The molecule has 0 amide bonds. The number of halogens is 1. The Labute approximate surface area is 136 Å². The summed E-state index contributed by atoms with van der Waals surface area (Å²) in [7, 11) is 1.54. The monoisotopic (exact) mass is 365 g/mol. The summed E-state index contributed by atoms with van der Waals surface area (Å²) in [4.78, 5) is 26.9. The van der Waals surface area contributed by atoms with Crippen LogP contribution in [0.4, 0.5) is 0 Å². The molecule has 0 radical (unpaired) electrons. The number of aromatic amines is 1. The highest BCUT2D eigenvalue weighted by Gasteiger charge is 2.25. The first-order valence-corrected chi connectivity index (χ1v) is 7.49. The second kappa shape index (κ2) is 6.89. The van der Waals surface area contributed by atoms with Crippen molar-refractivity contribution in [3.63, 3.8) is 0 Å². The average Bonchev–Trinajstić information content (AvgIpc) is 2.81. The second-order valence-electron chi connectivity index (χ2n) is 4.87. The van der Waals surface area contributed by atoms with Crippen molar-refractivity contribution < 1.29 is 19.4 Å². The van der Waals surface area contributed by atoms with Crippen LogP contribution in [0.2, 0.25) is 0 Å². The van der Waals surface area contributed by atoms with Crippen molar-refractivity contribution in [1.82, 2.24) is 4.98 Å². The van der Waals surface area contributed by atoms with Gasteiger partial charge in [0.15, 0.2) is 5.78 Å². The molecule has 0 bridgehead atoms. The number of benzene rings is 1. The van der Waals surface area contributed by atoms with Gasteiger partial charge in [0.2, 0.25) is 0 Å². The van der Waals surface area contributed by atoms with Gasteiger partial charge in [-0.05, 0) is 31.0 Å². The van der Waals surface area contributed by atoms with Crippen molar-refractivity contribution >= 4 is 27.7 Å². The fourth-order valence-electron chi connectivity index (χ4n) is 2.39. The Hall–Kier alpha value is -1.92. The number of aryl methyl sites for hydroxylation is 1. The molecule has 116 valence electrons. The number of aromatic carboxylic acids is 1. The number of hydrogen-bond donors (Lipinski definition) is 2. The molecule has 0 spiro atoms. The van der Waals surface area contributed by atoms with Crippen molar-refractivity contribution in [3.8, 4) is 0 Å². The summed E-state index contributed by atoms with van der Waals surface area (Å²) in [6, 6.07) is 7.02. The van der Waals surface area contributed by atoms with Gasteiger partial charge in [-0.3, -0.25) is 4.79 Å². The minimum atomic E-state index is -1.08. The molecule has 2 rings (SSSR count). The van der Waals surface area contributed by atoms with Gasteiger partial charge in [-0.2, -0.15) is 0 Å². The molecule has 5 nitrogen and oxygen atoms in total. The Bertz CT molecular complexity index is 721. The van der Waals surface area contributed by atoms with Crippen molar-refractivity contribution in [2.75, 3.05) is 13.7 Å². The number of methoxy groups -OCH3 is 1. The first kappa shape index (κ1) is 16.5. The van der Waals surface area contributed by atoms with Crippen LogP contribution >= 0.6 is 15.9 Å². The molecule has 2 aromatic rings. The highest BCUT2D eigenvalue weighted by molar-refractivity contribution is 9.10. The van der Waals surface area contributed by atoms with E-state index in [4.69, 9.17) is 4.74 Å². The number of carboxylic acids is 1. The van der Waals surface area contributed by atoms with E-state index < -0.39 is 5.97 Å². The van der Waals surface area contributed by atoms with E-state index in [1.54, 1.807) is 25.1 Å². The molecule has 6 heteroatoms. The predicted octanol–water partition coefficient (Wildman–Crippen LogP) is 3.20. The molecule has 0 aliphatic heterocycles. The van der Waals surface area contributed by atoms with Gasteiger partial charge in [0.25, 0.3) is 0 Å². The standard InChI is InChI=1S/C16H16BrNO4/c1-9-13(15(19)10-4-3-5-11(17)8-10)12(6-7-22-2)14(18-9)16(20)21/h3-5,8,18H,6-7H2,1-2H3,(H,20,21). The van der Waals surface area contributed by atoms with Gasteiger partial charge in [0, 0.05) is 28.4 Å². The molecular formula is C16H16BrNO4. The predicted molar refractivity (Wildman–Crippen MR) is 85.6 cm³/mol. The van der Waals surface area contributed by atoms with E-state index in [1.807, 2.05) is 6.07 Å². The van der Waals surface area contributed by atoms with Crippen molar-refractivity contribution in [3.05, 3.63) is 56.8 Å². The number of rotatable bonds is 6. The van der Waals surface area contributed by atoms with Crippen molar-refractivity contribution in [1.29, 1.82) is 0 Å². The molecular weight excluding hydrogens is 350 g/mol. The minimum absolute atomic E-state index is 0.0490. The van der Waals surface area contributed by atoms with E-state index in [1.165, 1.54) is 7.11 Å². The number of H-pyrrole nitrogens is 1. The zero-order valence-corrected chi connectivity index (χ0v) is 13.9. The third kappa shape index (κ3) is 3.28. The smallest absolute Gasteiger partial charge is 0.352 e. The normalized spacial score (nSPS) is 10.7. The number of carboxylic acid groups (broad SMARTS) is 1. The maximum Gasteiger partial charge on any atom is 0.352 e. The van der Waals surface area contributed by atoms with Gasteiger partial charge in [0.05, 0.1) is 6.61 Å². The number of nitrogens with one attached hydrogen (secondary N) is 1. The fourth-order valence-corrected chi connectivity index (χ4v) is 2.79. The van der Waals surface area contributed by atoms with E-state index >= 15 is 0 Å². The molecule has 2 N–H and O–H groups in total. The summed E-state index contributed by atoms with van der Waals surface area (Å²) in [5.41, 5.74) is 2.00. The summed E-state index contributed by atoms with van der Waals surface area (Å²) in [5.74, 6) is -1.28. The molecule has 0 aliphatic carbocycles. The van der Waals surface area contributed by atoms with Crippen LogP contribution in [0.1, 0.15) is 37.7 Å². The summed E-state index contributed by atoms with van der Waals surface area (Å²) in [5, 5.41) is 9.31. The minimum Gasteiger partial charge on any atom is -0.477 e. The van der Waals surface area contributed by atoms with Crippen LogP contribution in [0.25, 0.3) is 0 Å². The molecule has 1 aromatic carbocycles. The Balaban J connectivity index is 2.53. The largest absolute Gasteiger partial charge is 0.477 e. The first-order chi connectivity index (χ1) is 10.5. The Morgan fingerprint density at radius 3 is 2.68 bits per heavy atom. The van der Waals surface area contributed by atoms with Crippen LogP contribution in [-0.2, 0) is 11.2 Å². The number of carbonyl (C=O) groups excluding carboxylic acids is 1. The van der Waals surface area contributed by atoms with Crippen LogP contribution in [-0.4, -0.2) is 35.6 Å². The van der Waals surface area contributed by atoms with Gasteiger partial charge >= 0.3 is 5.97 Å². The van der Waals surface area contributed by atoms with Gasteiger partial charge in [-0.25, -0.2) is 4.79 Å².